The van der Waals surface area contributed by atoms with Gasteiger partial charge in [0.25, 0.3) is 0 Å². The third-order valence-corrected chi connectivity index (χ3v) is 2.46. The Morgan fingerprint density at radius 2 is 2.20 bits per heavy atom. The molecule has 0 spiro atoms. The number of carbonyl (C=O) groups is 1. The Kier molecular flexibility index (Phi) is 4.78. The van der Waals surface area contributed by atoms with Crippen LogP contribution in [0.5, 0.6) is 0 Å². The smallest absolute Gasteiger partial charge is 0.188 e. The van der Waals surface area contributed by atoms with Crippen LogP contribution in [0.25, 0.3) is 0 Å². The second-order valence-electron chi connectivity index (χ2n) is 3.51. The van der Waals surface area contributed by atoms with Crippen molar-refractivity contribution in [3.8, 4) is 0 Å². The summed E-state index contributed by atoms with van der Waals surface area (Å²) >= 11 is 0. The van der Waals surface area contributed by atoms with Gasteiger partial charge in [0.2, 0.25) is 0 Å². The van der Waals surface area contributed by atoms with Crippen molar-refractivity contribution in [3.63, 3.8) is 0 Å². The summed E-state index contributed by atoms with van der Waals surface area (Å²) in [6.45, 7) is 2.93. The molecule has 2 unspecified atom stereocenters. The number of allylic oxidation sites excluding steroid dienone is 1. The molecular weight excluding hydrogens is 196 g/mol. The van der Waals surface area contributed by atoms with Crippen molar-refractivity contribution in [2.45, 2.75) is 19.4 Å². The van der Waals surface area contributed by atoms with E-state index < -0.39 is 0 Å². The van der Waals surface area contributed by atoms with Crippen molar-refractivity contribution in [2.75, 3.05) is 27.4 Å². The van der Waals surface area contributed by atoms with E-state index in [1.807, 2.05) is 6.92 Å². The summed E-state index contributed by atoms with van der Waals surface area (Å²) in [5.41, 5.74) is 0. The fourth-order valence-corrected chi connectivity index (χ4v) is 1.80. The van der Waals surface area contributed by atoms with Gasteiger partial charge < -0.3 is 14.2 Å². The molecule has 86 valence electrons. The van der Waals surface area contributed by atoms with Crippen LogP contribution >= 0.6 is 0 Å². The van der Waals surface area contributed by atoms with Gasteiger partial charge in [-0.05, 0) is 6.92 Å². The molecular formula is C11H18O4. The van der Waals surface area contributed by atoms with E-state index >= 15 is 0 Å². The number of carbonyl (C=O) groups excluding carboxylic acids is 1. The van der Waals surface area contributed by atoms with Gasteiger partial charge in [0.1, 0.15) is 6.10 Å². The lowest BCUT2D eigenvalue weighted by Gasteiger charge is -2.28. The molecule has 0 amide bonds. The third-order valence-electron chi connectivity index (χ3n) is 2.46. The fourth-order valence-electron chi connectivity index (χ4n) is 1.80. The summed E-state index contributed by atoms with van der Waals surface area (Å²) in [6.07, 6.45) is 1.83. The normalized spacial score (nSPS) is 26.3. The standard InChI is InChI=1S/C11H18O4/c1-4-15-11-8(7-13-2)5-9(14-3)6-10(11)12/h6,8,11H,4-5,7H2,1-3H3. The first-order chi connectivity index (χ1) is 7.22. The molecule has 0 N–H and O–H groups in total. The molecule has 0 aliphatic heterocycles. The molecule has 2 atom stereocenters. The molecule has 0 radical (unpaired) electrons. The molecule has 0 saturated carbocycles. The van der Waals surface area contributed by atoms with Crippen LogP contribution in [0.1, 0.15) is 13.3 Å². The molecule has 0 aromatic carbocycles. The average molecular weight is 214 g/mol. The molecule has 0 aromatic heterocycles. The minimum atomic E-state index is -0.381. The maximum Gasteiger partial charge on any atom is 0.188 e. The number of ether oxygens (including phenoxy) is 3. The highest BCUT2D eigenvalue weighted by Crippen LogP contribution is 2.25. The van der Waals surface area contributed by atoms with E-state index in [0.717, 1.165) is 0 Å². The van der Waals surface area contributed by atoms with Gasteiger partial charge in [-0.25, -0.2) is 0 Å². The molecule has 0 heterocycles. The van der Waals surface area contributed by atoms with Gasteiger partial charge >= 0.3 is 0 Å². The first-order valence-electron chi connectivity index (χ1n) is 5.11. The molecule has 4 nitrogen and oxygen atoms in total. The zero-order valence-corrected chi connectivity index (χ0v) is 9.49. The van der Waals surface area contributed by atoms with Crippen molar-refractivity contribution >= 4 is 5.78 Å². The van der Waals surface area contributed by atoms with Crippen molar-refractivity contribution in [1.82, 2.24) is 0 Å². The summed E-state index contributed by atoms with van der Waals surface area (Å²) in [7, 11) is 3.20. The maximum absolute atomic E-state index is 11.7. The molecule has 0 fully saturated rings. The van der Waals surface area contributed by atoms with Gasteiger partial charge in [-0.2, -0.15) is 0 Å². The highest BCUT2D eigenvalue weighted by molar-refractivity contribution is 5.95. The molecule has 1 rings (SSSR count). The van der Waals surface area contributed by atoms with Crippen molar-refractivity contribution in [2.24, 2.45) is 5.92 Å². The second kappa shape index (κ2) is 5.88. The van der Waals surface area contributed by atoms with Gasteiger partial charge in [-0.1, -0.05) is 0 Å². The summed E-state index contributed by atoms with van der Waals surface area (Å²) in [6, 6.07) is 0. The monoisotopic (exact) mass is 214 g/mol. The van der Waals surface area contributed by atoms with Crippen LogP contribution in [-0.2, 0) is 19.0 Å². The van der Waals surface area contributed by atoms with Gasteiger partial charge in [0.15, 0.2) is 5.78 Å². The Morgan fingerprint density at radius 3 is 2.73 bits per heavy atom. The Bertz CT molecular complexity index is 247. The van der Waals surface area contributed by atoms with Crippen molar-refractivity contribution in [1.29, 1.82) is 0 Å². The van der Waals surface area contributed by atoms with E-state index in [4.69, 9.17) is 14.2 Å². The van der Waals surface area contributed by atoms with Crippen molar-refractivity contribution in [3.05, 3.63) is 11.8 Å². The van der Waals surface area contributed by atoms with Crippen LogP contribution in [0, 0.1) is 5.92 Å². The zero-order chi connectivity index (χ0) is 11.3. The van der Waals surface area contributed by atoms with Crippen LogP contribution in [0.3, 0.4) is 0 Å². The predicted molar refractivity (Wildman–Crippen MR) is 55.5 cm³/mol. The minimum Gasteiger partial charge on any atom is -0.501 e. The van der Waals surface area contributed by atoms with Gasteiger partial charge in [0, 0.05) is 32.1 Å². The van der Waals surface area contributed by atoms with Crippen molar-refractivity contribution < 1.29 is 19.0 Å². The van der Waals surface area contributed by atoms with Crippen LogP contribution in [0.4, 0.5) is 0 Å². The molecule has 15 heavy (non-hydrogen) atoms. The number of ketones is 1. The summed E-state index contributed by atoms with van der Waals surface area (Å²) in [5, 5.41) is 0. The highest BCUT2D eigenvalue weighted by atomic mass is 16.5. The Hall–Kier alpha value is -0.870. The first kappa shape index (κ1) is 12.2. The molecule has 0 bridgehead atoms. The summed E-state index contributed by atoms with van der Waals surface area (Å²) in [5.74, 6) is 0.738. The maximum atomic E-state index is 11.7. The average Bonchev–Trinajstić information content (AvgIpc) is 2.23. The number of hydrogen-bond donors (Lipinski definition) is 0. The largest absolute Gasteiger partial charge is 0.501 e. The van der Waals surface area contributed by atoms with E-state index in [2.05, 4.69) is 0 Å². The van der Waals surface area contributed by atoms with Gasteiger partial charge in [0.05, 0.1) is 19.5 Å². The predicted octanol–water partition coefficient (Wildman–Crippen LogP) is 1.16. The van der Waals surface area contributed by atoms with Gasteiger partial charge in [-0.15, -0.1) is 0 Å². The summed E-state index contributed by atoms with van der Waals surface area (Å²) in [4.78, 5) is 11.7. The SMILES string of the molecule is CCOC1C(=O)C=C(OC)CC1COC. The van der Waals surface area contributed by atoms with Crippen LogP contribution in [-0.4, -0.2) is 39.3 Å². The Labute approximate surface area is 90.2 Å². The quantitative estimate of drug-likeness (QED) is 0.689. The lowest BCUT2D eigenvalue weighted by molar-refractivity contribution is -0.132. The van der Waals surface area contributed by atoms with E-state index in [9.17, 15) is 4.79 Å². The van der Waals surface area contributed by atoms with Crippen LogP contribution < -0.4 is 0 Å². The first-order valence-corrected chi connectivity index (χ1v) is 5.11. The zero-order valence-electron chi connectivity index (χ0n) is 9.49. The Balaban J connectivity index is 2.74. The molecule has 0 saturated heterocycles. The number of rotatable bonds is 5. The lowest BCUT2D eigenvalue weighted by atomic mass is 9.89. The number of methoxy groups -OCH3 is 2. The molecule has 1 aliphatic rings. The second-order valence-corrected chi connectivity index (χ2v) is 3.51. The lowest BCUT2D eigenvalue weighted by Crippen LogP contribution is -2.37. The highest BCUT2D eigenvalue weighted by Gasteiger charge is 2.33. The fraction of sp³-hybridized carbons (Fsp3) is 0.727. The minimum absolute atomic E-state index is 0.0259. The summed E-state index contributed by atoms with van der Waals surface area (Å²) < 4.78 is 15.6. The molecule has 1 aliphatic carbocycles. The Morgan fingerprint density at radius 1 is 1.47 bits per heavy atom. The van der Waals surface area contributed by atoms with E-state index in [1.54, 1.807) is 14.2 Å². The van der Waals surface area contributed by atoms with E-state index in [-0.39, 0.29) is 17.8 Å². The molecule has 4 heteroatoms. The van der Waals surface area contributed by atoms with Gasteiger partial charge in [-0.3, -0.25) is 4.79 Å². The number of hydrogen-bond acceptors (Lipinski definition) is 4. The topological polar surface area (TPSA) is 44.8 Å². The van der Waals surface area contributed by atoms with Crippen LogP contribution in [0.2, 0.25) is 0 Å². The van der Waals surface area contributed by atoms with Crippen LogP contribution in [0.15, 0.2) is 11.8 Å². The van der Waals surface area contributed by atoms with E-state index in [0.29, 0.717) is 25.4 Å². The molecule has 0 aromatic rings. The third kappa shape index (κ3) is 3.04. The van der Waals surface area contributed by atoms with E-state index in [1.165, 1.54) is 6.08 Å².